The molecule has 8 heteroatoms. The van der Waals surface area contributed by atoms with Gasteiger partial charge in [-0.25, -0.2) is 9.59 Å². The van der Waals surface area contributed by atoms with Crippen LogP contribution in [0.3, 0.4) is 0 Å². The predicted octanol–water partition coefficient (Wildman–Crippen LogP) is 4.91. The summed E-state index contributed by atoms with van der Waals surface area (Å²) in [6, 6.07) is 22.8. The summed E-state index contributed by atoms with van der Waals surface area (Å²) in [6.45, 7) is 7.10. The van der Waals surface area contributed by atoms with Gasteiger partial charge in [0, 0.05) is 12.3 Å². The number of aliphatic carboxylic acids is 1. The van der Waals surface area contributed by atoms with E-state index in [-0.39, 0.29) is 18.9 Å². The van der Waals surface area contributed by atoms with Crippen molar-refractivity contribution in [3.8, 4) is 11.1 Å². The highest BCUT2D eigenvalue weighted by Crippen LogP contribution is 2.44. The third-order valence-corrected chi connectivity index (χ3v) is 6.81. The zero-order valence-corrected chi connectivity index (χ0v) is 23.2. The highest BCUT2D eigenvalue weighted by atomic mass is 16.5. The monoisotopic (exact) mass is 544 g/mol. The van der Waals surface area contributed by atoms with Gasteiger partial charge in [-0.2, -0.15) is 0 Å². The number of hydrogen-bond acceptors (Lipinski definition) is 5. The second kappa shape index (κ2) is 12.3. The lowest BCUT2D eigenvalue weighted by Crippen LogP contribution is -2.56. The van der Waals surface area contributed by atoms with E-state index >= 15 is 0 Å². The predicted molar refractivity (Wildman–Crippen MR) is 152 cm³/mol. The molecule has 1 aliphatic carbocycles. The van der Waals surface area contributed by atoms with Crippen LogP contribution in [0.5, 0.6) is 0 Å². The van der Waals surface area contributed by atoms with E-state index in [1.54, 1.807) is 27.7 Å². The van der Waals surface area contributed by atoms with Gasteiger partial charge in [0.05, 0.1) is 11.7 Å². The molecule has 0 bridgehead atoms. The Kier molecular flexibility index (Phi) is 8.90. The van der Waals surface area contributed by atoms with Crippen molar-refractivity contribution >= 4 is 18.0 Å². The van der Waals surface area contributed by atoms with Gasteiger partial charge in [0.2, 0.25) is 5.91 Å². The minimum atomic E-state index is -1.31. The highest BCUT2D eigenvalue weighted by molar-refractivity contribution is 5.89. The van der Waals surface area contributed by atoms with Crippen LogP contribution in [0, 0.1) is 0 Å². The number of carbonyl (C=O) groups is 3. The van der Waals surface area contributed by atoms with Crippen LogP contribution in [0.4, 0.5) is 4.79 Å². The molecule has 0 aromatic heterocycles. The first kappa shape index (κ1) is 28.8. The molecule has 0 heterocycles. The molecule has 4 rings (SSSR count). The van der Waals surface area contributed by atoms with Crippen molar-refractivity contribution in [3.05, 3.63) is 95.6 Å². The Bertz CT molecular complexity index is 1310. The second-order valence-electron chi connectivity index (χ2n) is 11.0. The van der Waals surface area contributed by atoms with Crippen molar-refractivity contribution in [2.45, 2.75) is 63.8 Å². The van der Waals surface area contributed by atoms with Crippen molar-refractivity contribution in [2.24, 2.45) is 0 Å². The normalized spacial score (nSPS) is 14.8. The lowest BCUT2D eigenvalue weighted by atomic mass is 9.98. The minimum Gasteiger partial charge on any atom is -0.480 e. The number of carboxylic acids is 1. The number of carbonyl (C=O) groups excluding carboxylic acids is 2. The Hall–Kier alpha value is -4.17. The lowest BCUT2D eigenvalue weighted by molar-refractivity contribution is -0.150. The van der Waals surface area contributed by atoms with Gasteiger partial charge in [-0.3, -0.25) is 4.79 Å². The molecule has 1 aliphatic rings. The summed E-state index contributed by atoms with van der Waals surface area (Å²) < 4.78 is 11.4. The van der Waals surface area contributed by atoms with Crippen LogP contribution in [0.2, 0.25) is 0 Å². The Morgan fingerprint density at radius 3 is 1.95 bits per heavy atom. The molecular weight excluding hydrogens is 508 g/mol. The zero-order chi connectivity index (χ0) is 28.9. The van der Waals surface area contributed by atoms with Crippen LogP contribution < -0.4 is 10.6 Å². The van der Waals surface area contributed by atoms with Crippen molar-refractivity contribution < 1.29 is 29.0 Å². The number of carboxylic acid groups (broad SMARTS) is 1. The van der Waals surface area contributed by atoms with Crippen LogP contribution in [-0.2, 0) is 25.5 Å². The molecule has 0 saturated carbocycles. The molecule has 0 aliphatic heterocycles. The van der Waals surface area contributed by atoms with E-state index in [4.69, 9.17) is 9.47 Å². The maximum atomic E-state index is 13.4. The van der Waals surface area contributed by atoms with Gasteiger partial charge in [0.1, 0.15) is 12.6 Å². The van der Waals surface area contributed by atoms with E-state index in [1.165, 1.54) is 0 Å². The first-order chi connectivity index (χ1) is 19.0. The molecule has 0 saturated heterocycles. The fourth-order valence-corrected chi connectivity index (χ4v) is 5.10. The number of benzene rings is 3. The molecule has 0 spiro atoms. The summed E-state index contributed by atoms with van der Waals surface area (Å²) in [5, 5.41) is 15.0. The van der Waals surface area contributed by atoms with Crippen molar-refractivity contribution in [1.29, 1.82) is 0 Å². The van der Waals surface area contributed by atoms with Gasteiger partial charge < -0.3 is 25.2 Å². The molecule has 0 unspecified atom stereocenters. The van der Waals surface area contributed by atoms with E-state index in [1.807, 2.05) is 66.7 Å². The van der Waals surface area contributed by atoms with Crippen LogP contribution in [-0.4, -0.2) is 53.5 Å². The number of hydrogen-bond donors (Lipinski definition) is 3. The van der Waals surface area contributed by atoms with E-state index in [0.717, 1.165) is 27.8 Å². The number of ether oxygens (including phenoxy) is 2. The number of rotatable bonds is 10. The van der Waals surface area contributed by atoms with E-state index in [2.05, 4.69) is 22.8 Å². The summed E-state index contributed by atoms with van der Waals surface area (Å²) in [4.78, 5) is 38.4. The van der Waals surface area contributed by atoms with Crippen LogP contribution in [0.1, 0.15) is 50.3 Å². The average molecular weight is 545 g/mol. The van der Waals surface area contributed by atoms with Crippen LogP contribution in [0.25, 0.3) is 11.1 Å². The summed E-state index contributed by atoms with van der Waals surface area (Å²) >= 11 is 0. The molecule has 210 valence electrons. The van der Waals surface area contributed by atoms with Crippen molar-refractivity contribution in [3.63, 3.8) is 0 Å². The molecule has 3 atom stereocenters. The first-order valence-corrected chi connectivity index (χ1v) is 13.4. The highest BCUT2D eigenvalue weighted by Gasteiger charge is 2.34. The zero-order valence-electron chi connectivity index (χ0n) is 23.2. The van der Waals surface area contributed by atoms with Gasteiger partial charge in [0.15, 0.2) is 6.04 Å². The summed E-state index contributed by atoms with van der Waals surface area (Å²) in [6.07, 6.45) is -1.42. The second-order valence-corrected chi connectivity index (χ2v) is 11.0. The Balaban J connectivity index is 1.47. The minimum absolute atomic E-state index is 0.0910. The fraction of sp³-hybridized carbons (Fsp3) is 0.344. The average Bonchev–Trinajstić information content (AvgIpc) is 3.23. The largest absolute Gasteiger partial charge is 0.480 e. The molecule has 3 aromatic carbocycles. The topological polar surface area (TPSA) is 114 Å². The van der Waals surface area contributed by atoms with Gasteiger partial charge >= 0.3 is 12.1 Å². The Labute approximate surface area is 234 Å². The van der Waals surface area contributed by atoms with Gasteiger partial charge in [-0.15, -0.1) is 0 Å². The first-order valence-electron chi connectivity index (χ1n) is 13.4. The summed E-state index contributed by atoms with van der Waals surface area (Å²) in [7, 11) is 0. The van der Waals surface area contributed by atoms with Gasteiger partial charge in [-0.1, -0.05) is 78.9 Å². The molecular formula is C32H36N2O6. The van der Waals surface area contributed by atoms with Gasteiger partial charge in [0.25, 0.3) is 0 Å². The van der Waals surface area contributed by atoms with E-state index in [0.29, 0.717) is 0 Å². The Morgan fingerprint density at radius 1 is 0.850 bits per heavy atom. The van der Waals surface area contributed by atoms with Crippen molar-refractivity contribution in [1.82, 2.24) is 10.6 Å². The third kappa shape index (κ3) is 7.07. The maximum absolute atomic E-state index is 13.4. The molecule has 3 N–H and O–H groups in total. The lowest BCUT2D eigenvalue weighted by Gasteiger charge is -2.30. The molecule has 2 amide bonds. The summed E-state index contributed by atoms with van der Waals surface area (Å²) in [5.41, 5.74) is 4.56. The fourth-order valence-electron chi connectivity index (χ4n) is 5.10. The third-order valence-electron chi connectivity index (χ3n) is 6.81. The van der Waals surface area contributed by atoms with Crippen molar-refractivity contribution in [2.75, 3.05) is 6.61 Å². The molecule has 8 nitrogen and oxygen atoms in total. The molecule has 40 heavy (non-hydrogen) atoms. The number of fused-ring (bicyclic) bond motifs is 3. The standard InChI is InChI=1S/C32H36N2O6/c1-20(40-32(2,3)4)28(30(36)37)34-29(35)27(18-21-12-6-5-7-13-21)33-31(38)39-19-26-24-16-10-8-14-22(24)23-15-9-11-17-25(23)26/h5-17,20,26-28H,18-19H2,1-4H3,(H,33,38)(H,34,35)(H,36,37)/t20-,27+,28+/m1/s1. The smallest absolute Gasteiger partial charge is 0.407 e. The number of amides is 2. The maximum Gasteiger partial charge on any atom is 0.407 e. The van der Waals surface area contributed by atoms with Crippen LogP contribution in [0.15, 0.2) is 78.9 Å². The van der Waals surface area contributed by atoms with Gasteiger partial charge in [-0.05, 0) is 55.5 Å². The van der Waals surface area contributed by atoms with E-state index in [9.17, 15) is 19.5 Å². The SMILES string of the molecule is C[C@@H](OC(C)(C)C)[C@H](NC(=O)[C@H](Cc1ccccc1)NC(=O)OCC1c2ccccc2-c2ccccc21)C(=O)O. The molecule has 3 aromatic rings. The number of nitrogens with one attached hydrogen (secondary N) is 2. The Morgan fingerprint density at radius 2 is 1.40 bits per heavy atom. The summed E-state index contributed by atoms with van der Waals surface area (Å²) in [5.74, 6) is -2.01. The molecule has 0 radical (unpaired) electrons. The number of alkyl carbamates (subject to hydrolysis) is 1. The molecule has 0 fully saturated rings. The van der Waals surface area contributed by atoms with Crippen LogP contribution >= 0.6 is 0 Å². The van der Waals surface area contributed by atoms with E-state index < -0.39 is 41.8 Å². The quantitative estimate of drug-likeness (QED) is 0.334.